The van der Waals surface area contributed by atoms with Crippen molar-refractivity contribution < 1.29 is 9.84 Å². The summed E-state index contributed by atoms with van der Waals surface area (Å²) in [5.41, 5.74) is 0.816. The number of hydrogen-bond donors (Lipinski definition) is 1. The summed E-state index contributed by atoms with van der Waals surface area (Å²) < 4.78 is 5.48. The zero-order chi connectivity index (χ0) is 11.4. The van der Waals surface area contributed by atoms with Gasteiger partial charge < -0.3 is 14.7 Å². The van der Waals surface area contributed by atoms with E-state index < -0.39 is 0 Å². The van der Waals surface area contributed by atoms with E-state index >= 15 is 0 Å². The van der Waals surface area contributed by atoms with Crippen LogP contribution in [0.25, 0.3) is 0 Å². The lowest BCUT2D eigenvalue weighted by atomic mass is 10.2. The number of nitrogens with zero attached hydrogens (tertiary/aromatic N) is 1. The third-order valence-corrected chi connectivity index (χ3v) is 2.72. The number of aromatic hydroxyl groups is 1. The molecule has 1 aliphatic rings. The molecule has 0 radical (unpaired) electrons. The minimum absolute atomic E-state index is 0.231. The predicted octanol–water partition coefficient (Wildman–Crippen LogP) is 2.26. The maximum Gasteiger partial charge on any atom is 0.193 e. The molecule has 0 saturated carbocycles. The first-order valence-electron chi connectivity index (χ1n) is 5.12. The largest absolute Gasteiger partial charge is 0.508 e. The number of rotatable bonds is 3. The Morgan fingerprint density at radius 2 is 2.12 bits per heavy atom. The van der Waals surface area contributed by atoms with Gasteiger partial charge in [-0.25, -0.2) is 0 Å². The van der Waals surface area contributed by atoms with Crippen LogP contribution in [0.3, 0.4) is 0 Å². The van der Waals surface area contributed by atoms with Crippen molar-refractivity contribution in [3.05, 3.63) is 42.1 Å². The molecule has 0 aliphatic carbocycles. The van der Waals surface area contributed by atoms with Crippen molar-refractivity contribution >= 4 is 17.3 Å². The molecule has 0 bridgehead atoms. The van der Waals surface area contributed by atoms with E-state index in [0.717, 1.165) is 18.5 Å². The van der Waals surface area contributed by atoms with Gasteiger partial charge in [0.2, 0.25) is 0 Å². The van der Waals surface area contributed by atoms with Crippen LogP contribution in [-0.2, 0) is 4.74 Å². The molecule has 2 rings (SSSR count). The van der Waals surface area contributed by atoms with Gasteiger partial charge in [0.25, 0.3) is 0 Å². The number of phenols is 1. The van der Waals surface area contributed by atoms with Gasteiger partial charge in [-0.2, -0.15) is 0 Å². The average Bonchev–Trinajstić information content (AvgIpc) is 2.80. The highest BCUT2D eigenvalue weighted by Crippen LogP contribution is 2.12. The lowest BCUT2D eigenvalue weighted by molar-refractivity contribution is 0.176. The molecule has 1 heterocycles. The number of thiocarbonyl (C=S) groups is 1. The van der Waals surface area contributed by atoms with Gasteiger partial charge in [-0.3, -0.25) is 0 Å². The van der Waals surface area contributed by atoms with Crippen LogP contribution in [0.5, 0.6) is 5.75 Å². The maximum absolute atomic E-state index is 9.14. The standard InChI is InChI=1S/C12H13NO2S/c14-11-5-3-10(4-6-11)12(16)15-9-13-7-1-2-8-13/h1,3-7,14H,2,8-9H2. The minimum Gasteiger partial charge on any atom is -0.508 e. The van der Waals surface area contributed by atoms with Gasteiger partial charge in [0.1, 0.15) is 5.75 Å². The van der Waals surface area contributed by atoms with Crippen LogP contribution < -0.4 is 0 Å². The van der Waals surface area contributed by atoms with E-state index in [-0.39, 0.29) is 5.75 Å². The third kappa shape index (κ3) is 2.73. The van der Waals surface area contributed by atoms with Crippen LogP contribution in [0.1, 0.15) is 12.0 Å². The number of ether oxygens (including phenoxy) is 1. The molecule has 0 amide bonds. The van der Waals surface area contributed by atoms with E-state index in [1.54, 1.807) is 24.3 Å². The van der Waals surface area contributed by atoms with Crippen molar-refractivity contribution in [1.82, 2.24) is 4.90 Å². The summed E-state index contributed by atoms with van der Waals surface area (Å²) in [5.74, 6) is 0.231. The first kappa shape index (κ1) is 11.0. The fourth-order valence-electron chi connectivity index (χ4n) is 1.47. The first-order chi connectivity index (χ1) is 7.75. The van der Waals surface area contributed by atoms with E-state index in [4.69, 9.17) is 22.1 Å². The maximum atomic E-state index is 9.14. The highest BCUT2D eigenvalue weighted by molar-refractivity contribution is 7.80. The molecule has 0 aromatic heterocycles. The van der Waals surface area contributed by atoms with E-state index in [1.165, 1.54) is 0 Å². The SMILES string of the molecule is Oc1ccc(C(=S)OCN2C=CCC2)cc1. The molecule has 1 aromatic carbocycles. The van der Waals surface area contributed by atoms with Gasteiger partial charge in [-0.05, 0) is 49.1 Å². The van der Waals surface area contributed by atoms with Crippen LogP contribution in [-0.4, -0.2) is 28.3 Å². The Labute approximate surface area is 100.0 Å². The van der Waals surface area contributed by atoms with Crippen LogP contribution >= 0.6 is 12.2 Å². The Kier molecular flexibility index (Phi) is 3.41. The smallest absolute Gasteiger partial charge is 0.193 e. The summed E-state index contributed by atoms with van der Waals surface area (Å²) in [5, 5.41) is 9.60. The zero-order valence-corrected chi connectivity index (χ0v) is 9.61. The lowest BCUT2D eigenvalue weighted by Crippen LogP contribution is -2.20. The molecule has 0 unspecified atom stereocenters. The van der Waals surface area contributed by atoms with Gasteiger partial charge in [-0.15, -0.1) is 0 Å². The van der Waals surface area contributed by atoms with Crippen LogP contribution in [0.2, 0.25) is 0 Å². The quantitative estimate of drug-likeness (QED) is 0.815. The summed E-state index contributed by atoms with van der Waals surface area (Å²) >= 11 is 5.14. The van der Waals surface area contributed by atoms with Crippen molar-refractivity contribution in [2.45, 2.75) is 6.42 Å². The van der Waals surface area contributed by atoms with Gasteiger partial charge in [0.15, 0.2) is 11.8 Å². The van der Waals surface area contributed by atoms with E-state index in [9.17, 15) is 0 Å². The second kappa shape index (κ2) is 4.99. The number of benzene rings is 1. The van der Waals surface area contributed by atoms with E-state index in [1.807, 2.05) is 6.20 Å². The molecule has 1 aliphatic heterocycles. The van der Waals surface area contributed by atoms with Gasteiger partial charge in [0, 0.05) is 12.1 Å². The van der Waals surface area contributed by atoms with Gasteiger partial charge in [0.05, 0.1) is 0 Å². The first-order valence-corrected chi connectivity index (χ1v) is 5.53. The topological polar surface area (TPSA) is 32.7 Å². The molecule has 0 saturated heterocycles. The Morgan fingerprint density at radius 3 is 2.75 bits per heavy atom. The predicted molar refractivity (Wildman–Crippen MR) is 66.2 cm³/mol. The van der Waals surface area contributed by atoms with Crippen molar-refractivity contribution in [2.24, 2.45) is 0 Å². The van der Waals surface area contributed by atoms with Crippen LogP contribution in [0, 0.1) is 0 Å². The summed E-state index contributed by atoms with van der Waals surface area (Å²) in [6.45, 7) is 1.47. The van der Waals surface area contributed by atoms with Gasteiger partial charge >= 0.3 is 0 Å². The second-order valence-electron chi connectivity index (χ2n) is 3.59. The van der Waals surface area contributed by atoms with Crippen molar-refractivity contribution in [3.63, 3.8) is 0 Å². The van der Waals surface area contributed by atoms with Crippen molar-refractivity contribution in [1.29, 1.82) is 0 Å². The molecular weight excluding hydrogens is 222 g/mol. The monoisotopic (exact) mass is 235 g/mol. The van der Waals surface area contributed by atoms with Crippen LogP contribution in [0.4, 0.5) is 0 Å². The molecule has 0 fully saturated rings. The van der Waals surface area contributed by atoms with Crippen molar-refractivity contribution in [3.8, 4) is 5.75 Å². The Hall–Kier alpha value is -1.55. The second-order valence-corrected chi connectivity index (χ2v) is 3.96. The summed E-state index contributed by atoms with van der Waals surface area (Å²) in [6, 6.07) is 6.69. The molecule has 1 N–H and O–H groups in total. The van der Waals surface area contributed by atoms with Crippen LogP contribution in [0.15, 0.2) is 36.5 Å². The fourth-order valence-corrected chi connectivity index (χ4v) is 1.66. The third-order valence-electron chi connectivity index (χ3n) is 2.36. The van der Waals surface area contributed by atoms with E-state index in [2.05, 4.69) is 11.0 Å². The summed E-state index contributed by atoms with van der Waals surface area (Å²) in [7, 11) is 0. The minimum atomic E-state index is 0.231. The molecule has 4 heteroatoms. The molecule has 1 aromatic rings. The number of hydrogen-bond acceptors (Lipinski definition) is 4. The van der Waals surface area contributed by atoms with Gasteiger partial charge in [-0.1, -0.05) is 6.08 Å². The molecular formula is C12H13NO2S. The Balaban J connectivity index is 1.87. The molecule has 3 nitrogen and oxygen atoms in total. The van der Waals surface area contributed by atoms with Crippen molar-refractivity contribution in [2.75, 3.05) is 13.3 Å². The summed E-state index contributed by atoms with van der Waals surface area (Å²) in [4.78, 5) is 2.06. The molecule has 84 valence electrons. The highest BCUT2D eigenvalue weighted by Gasteiger charge is 2.07. The highest BCUT2D eigenvalue weighted by atomic mass is 32.1. The van der Waals surface area contributed by atoms with E-state index in [0.29, 0.717) is 11.8 Å². The molecule has 0 atom stereocenters. The molecule has 16 heavy (non-hydrogen) atoms. The molecule has 0 spiro atoms. The average molecular weight is 235 g/mol. The normalized spacial score (nSPS) is 14.1. The fraction of sp³-hybridized carbons (Fsp3) is 0.250. The lowest BCUT2D eigenvalue weighted by Gasteiger charge is -2.16. The number of phenolic OH excluding ortho intramolecular Hbond substituents is 1. The Bertz CT molecular complexity index is 400. The summed E-state index contributed by atoms with van der Waals surface area (Å²) in [6.07, 6.45) is 5.18. The zero-order valence-electron chi connectivity index (χ0n) is 8.80. The Morgan fingerprint density at radius 1 is 1.38 bits per heavy atom.